The number of aryl methyl sites for hydroxylation is 1. The summed E-state index contributed by atoms with van der Waals surface area (Å²) >= 11 is 0. The minimum absolute atomic E-state index is 0.145. The number of rotatable bonds is 5. The van der Waals surface area contributed by atoms with E-state index in [1.807, 2.05) is 6.92 Å². The maximum absolute atomic E-state index is 6.13. The fourth-order valence-electron chi connectivity index (χ4n) is 3.27. The van der Waals surface area contributed by atoms with E-state index in [9.17, 15) is 0 Å². The van der Waals surface area contributed by atoms with Crippen molar-refractivity contribution in [1.82, 2.24) is 9.80 Å². The second-order valence-corrected chi connectivity index (χ2v) is 6.24. The first-order valence-corrected chi connectivity index (χ1v) is 7.33. The number of furan rings is 1. The highest BCUT2D eigenvalue weighted by Crippen LogP contribution is 2.36. The van der Waals surface area contributed by atoms with Crippen LogP contribution >= 0.6 is 0 Å². The van der Waals surface area contributed by atoms with Gasteiger partial charge in [-0.2, -0.15) is 0 Å². The predicted octanol–water partition coefficient (Wildman–Crippen LogP) is 1.59. The molecule has 4 nitrogen and oxygen atoms in total. The standard InChI is InChI=1S/C15H25N3O/c1-12-13(5-8-19-12)9-17(2)15(10-16)6-7-18(11-15)14-3-4-14/h5,8,14H,3-4,6-7,9-11,16H2,1-2H3. The molecule has 0 radical (unpaired) electrons. The van der Waals surface area contributed by atoms with Gasteiger partial charge in [-0.05, 0) is 39.3 Å². The quantitative estimate of drug-likeness (QED) is 0.876. The number of hydrogen-bond donors (Lipinski definition) is 1. The molecular weight excluding hydrogens is 238 g/mol. The molecule has 3 rings (SSSR count). The molecule has 1 saturated carbocycles. The van der Waals surface area contributed by atoms with Crippen LogP contribution in [0, 0.1) is 6.92 Å². The average Bonchev–Trinajstić information content (AvgIpc) is 3.04. The van der Waals surface area contributed by atoms with Crippen molar-refractivity contribution in [1.29, 1.82) is 0 Å². The van der Waals surface area contributed by atoms with E-state index in [4.69, 9.17) is 10.2 Å². The minimum atomic E-state index is 0.145. The molecule has 1 saturated heterocycles. The van der Waals surface area contributed by atoms with Gasteiger partial charge in [0.25, 0.3) is 0 Å². The van der Waals surface area contributed by atoms with Gasteiger partial charge in [-0.1, -0.05) is 0 Å². The van der Waals surface area contributed by atoms with Crippen LogP contribution in [0.3, 0.4) is 0 Å². The van der Waals surface area contributed by atoms with Crippen LogP contribution in [0.15, 0.2) is 16.7 Å². The third-order valence-electron chi connectivity index (χ3n) is 4.99. The summed E-state index contributed by atoms with van der Waals surface area (Å²) in [7, 11) is 2.20. The summed E-state index contributed by atoms with van der Waals surface area (Å²) in [5.74, 6) is 1.02. The lowest BCUT2D eigenvalue weighted by Gasteiger charge is -2.38. The van der Waals surface area contributed by atoms with E-state index in [-0.39, 0.29) is 5.54 Å². The molecule has 0 aromatic carbocycles. The lowest BCUT2D eigenvalue weighted by molar-refractivity contribution is 0.120. The number of likely N-dealkylation sites (tertiary alicyclic amines) is 1. The van der Waals surface area contributed by atoms with Crippen LogP contribution in [0.25, 0.3) is 0 Å². The second kappa shape index (κ2) is 4.93. The Morgan fingerprint density at radius 3 is 2.89 bits per heavy atom. The molecule has 0 bridgehead atoms. The Labute approximate surface area is 115 Å². The highest BCUT2D eigenvalue weighted by molar-refractivity contribution is 5.16. The van der Waals surface area contributed by atoms with Crippen LogP contribution in [0.5, 0.6) is 0 Å². The molecule has 0 spiro atoms. The zero-order chi connectivity index (χ0) is 13.5. The normalized spacial score (nSPS) is 28.4. The largest absolute Gasteiger partial charge is 0.469 e. The van der Waals surface area contributed by atoms with E-state index in [2.05, 4.69) is 22.9 Å². The molecule has 19 heavy (non-hydrogen) atoms. The van der Waals surface area contributed by atoms with Crippen molar-refractivity contribution in [3.8, 4) is 0 Å². The Balaban J connectivity index is 1.69. The van der Waals surface area contributed by atoms with Gasteiger partial charge in [-0.25, -0.2) is 0 Å². The van der Waals surface area contributed by atoms with Crippen LogP contribution in [0.1, 0.15) is 30.6 Å². The van der Waals surface area contributed by atoms with Crippen molar-refractivity contribution in [2.75, 3.05) is 26.7 Å². The molecule has 2 fully saturated rings. The summed E-state index contributed by atoms with van der Waals surface area (Å²) in [6.45, 7) is 6.03. The average molecular weight is 263 g/mol. The van der Waals surface area contributed by atoms with Crippen LogP contribution in [-0.2, 0) is 6.54 Å². The molecule has 1 unspecified atom stereocenters. The molecule has 1 atom stereocenters. The molecule has 2 heterocycles. The fourth-order valence-corrected chi connectivity index (χ4v) is 3.27. The summed E-state index contributed by atoms with van der Waals surface area (Å²) in [4.78, 5) is 5.07. The number of nitrogens with two attached hydrogens (primary N) is 1. The first-order chi connectivity index (χ1) is 9.14. The third-order valence-corrected chi connectivity index (χ3v) is 4.99. The molecule has 2 N–H and O–H groups in total. The molecule has 106 valence electrons. The Morgan fingerprint density at radius 2 is 2.32 bits per heavy atom. The SMILES string of the molecule is Cc1occc1CN(C)C1(CN)CCN(C2CC2)C1. The van der Waals surface area contributed by atoms with E-state index in [0.29, 0.717) is 0 Å². The Morgan fingerprint density at radius 1 is 1.53 bits per heavy atom. The molecule has 4 heteroatoms. The van der Waals surface area contributed by atoms with Gasteiger partial charge < -0.3 is 10.2 Å². The van der Waals surface area contributed by atoms with Gasteiger partial charge in [-0.3, -0.25) is 9.80 Å². The highest BCUT2D eigenvalue weighted by atomic mass is 16.3. The van der Waals surface area contributed by atoms with Gasteiger partial charge in [0, 0.05) is 43.3 Å². The Kier molecular flexibility index (Phi) is 3.41. The summed E-state index contributed by atoms with van der Waals surface area (Å²) in [5, 5.41) is 0. The van der Waals surface area contributed by atoms with Crippen LogP contribution in [0.4, 0.5) is 0 Å². The molecule has 1 aromatic heterocycles. The lowest BCUT2D eigenvalue weighted by atomic mass is 9.96. The summed E-state index contributed by atoms with van der Waals surface area (Å²) in [6, 6.07) is 2.92. The van der Waals surface area contributed by atoms with Crippen molar-refractivity contribution in [3.63, 3.8) is 0 Å². The van der Waals surface area contributed by atoms with Gasteiger partial charge in [0.15, 0.2) is 0 Å². The van der Waals surface area contributed by atoms with Crippen molar-refractivity contribution in [2.24, 2.45) is 5.73 Å². The Bertz CT molecular complexity index is 440. The van der Waals surface area contributed by atoms with Gasteiger partial charge in [-0.15, -0.1) is 0 Å². The van der Waals surface area contributed by atoms with Crippen molar-refractivity contribution in [3.05, 3.63) is 23.7 Å². The van der Waals surface area contributed by atoms with E-state index in [0.717, 1.165) is 31.4 Å². The van der Waals surface area contributed by atoms with Gasteiger partial charge in [0.05, 0.1) is 6.26 Å². The van der Waals surface area contributed by atoms with Crippen molar-refractivity contribution >= 4 is 0 Å². The molecule has 1 aliphatic heterocycles. The first kappa shape index (κ1) is 13.2. The van der Waals surface area contributed by atoms with E-state index in [1.165, 1.54) is 31.4 Å². The molecular formula is C15H25N3O. The zero-order valence-electron chi connectivity index (χ0n) is 12.1. The highest BCUT2D eigenvalue weighted by Gasteiger charge is 2.44. The molecule has 0 amide bonds. The first-order valence-electron chi connectivity index (χ1n) is 7.33. The monoisotopic (exact) mass is 263 g/mol. The van der Waals surface area contributed by atoms with Gasteiger partial charge in [0.1, 0.15) is 5.76 Å². The zero-order valence-corrected chi connectivity index (χ0v) is 12.1. The summed E-state index contributed by atoms with van der Waals surface area (Å²) < 4.78 is 5.40. The summed E-state index contributed by atoms with van der Waals surface area (Å²) in [5.41, 5.74) is 7.55. The fraction of sp³-hybridized carbons (Fsp3) is 0.733. The van der Waals surface area contributed by atoms with Crippen molar-refractivity contribution < 1.29 is 4.42 Å². The lowest BCUT2D eigenvalue weighted by Crippen LogP contribution is -2.53. The van der Waals surface area contributed by atoms with Gasteiger partial charge >= 0.3 is 0 Å². The van der Waals surface area contributed by atoms with Crippen LogP contribution in [0.2, 0.25) is 0 Å². The number of nitrogens with zero attached hydrogens (tertiary/aromatic N) is 2. The van der Waals surface area contributed by atoms with E-state index in [1.54, 1.807) is 6.26 Å². The van der Waals surface area contributed by atoms with E-state index >= 15 is 0 Å². The number of likely N-dealkylation sites (N-methyl/N-ethyl adjacent to an activating group) is 1. The molecule has 1 aromatic rings. The smallest absolute Gasteiger partial charge is 0.105 e. The topological polar surface area (TPSA) is 45.6 Å². The molecule has 2 aliphatic rings. The number of hydrogen-bond acceptors (Lipinski definition) is 4. The minimum Gasteiger partial charge on any atom is -0.469 e. The van der Waals surface area contributed by atoms with Crippen LogP contribution in [-0.4, -0.2) is 48.1 Å². The second-order valence-electron chi connectivity index (χ2n) is 6.24. The predicted molar refractivity (Wildman–Crippen MR) is 75.9 cm³/mol. The van der Waals surface area contributed by atoms with Gasteiger partial charge in [0.2, 0.25) is 0 Å². The maximum atomic E-state index is 6.13. The summed E-state index contributed by atoms with van der Waals surface area (Å²) in [6.07, 6.45) is 5.72. The van der Waals surface area contributed by atoms with Crippen LogP contribution < -0.4 is 5.73 Å². The van der Waals surface area contributed by atoms with Crippen molar-refractivity contribution in [2.45, 2.75) is 44.3 Å². The maximum Gasteiger partial charge on any atom is 0.105 e. The Hall–Kier alpha value is -0.840. The molecule has 1 aliphatic carbocycles. The third kappa shape index (κ3) is 2.45. The van der Waals surface area contributed by atoms with E-state index < -0.39 is 0 Å².